The van der Waals surface area contributed by atoms with Crippen LogP contribution in [0, 0.1) is 0 Å². The quantitative estimate of drug-likeness (QED) is 0.624. The summed E-state index contributed by atoms with van der Waals surface area (Å²) in [5.74, 6) is -0.643. The second-order valence-electron chi connectivity index (χ2n) is 5.69. The van der Waals surface area contributed by atoms with E-state index >= 15 is 0 Å². The van der Waals surface area contributed by atoms with Crippen LogP contribution in [0.15, 0.2) is 47.2 Å². The van der Waals surface area contributed by atoms with Gasteiger partial charge in [-0.05, 0) is 12.1 Å². The molecule has 27 heavy (non-hydrogen) atoms. The Morgan fingerprint density at radius 3 is 2.70 bits per heavy atom. The Labute approximate surface area is 164 Å². The van der Waals surface area contributed by atoms with Crippen LogP contribution in [0.4, 0.5) is 0 Å². The standard InChI is InChI=1S/C17H18N4O4S2/c22-14(11-4-2-1-3-5-11)20-12(8-19-17-18-6-7-27-17)15(23)21-10-26-9-13(21)16(24)25/h1-5,8,13H,6-7,9-10H2,(H,18,19)(H,20,22)(H,24,25)/t13-/m1/s1. The summed E-state index contributed by atoms with van der Waals surface area (Å²) in [6.07, 6.45) is 1.38. The van der Waals surface area contributed by atoms with Crippen molar-refractivity contribution in [2.45, 2.75) is 6.04 Å². The molecule has 8 nitrogen and oxygen atoms in total. The van der Waals surface area contributed by atoms with Gasteiger partial charge in [-0.3, -0.25) is 14.6 Å². The summed E-state index contributed by atoms with van der Waals surface area (Å²) in [5, 5.41) is 15.5. The van der Waals surface area contributed by atoms with Crippen LogP contribution in [-0.4, -0.2) is 62.9 Å². The van der Waals surface area contributed by atoms with E-state index in [0.717, 1.165) is 5.75 Å². The Balaban J connectivity index is 1.80. The summed E-state index contributed by atoms with van der Waals surface area (Å²) in [6.45, 7) is 0.685. The average molecular weight is 406 g/mol. The lowest BCUT2D eigenvalue weighted by molar-refractivity contribution is -0.146. The van der Waals surface area contributed by atoms with E-state index in [2.05, 4.69) is 15.6 Å². The van der Waals surface area contributed by atoms with E-state index in [1.165, 1.54) is 34.6 Å². The van der Waals surface area contributed by atoms with Gasteiger partial charge in [-0.15, -0.1) is 11.8 Å². The molecule has 0 saturated carbocycles. The fourth-order valence-corrected chi connectivity index (χ4v) is 4.34. The van der Waals surface area contributed by atoms with Crippen molar-refractivity contribution in [3.05, 3.63) is 47.8 Å². The third-order valence-corrected chi connectivity index (χ3v) is 5.79. The summed E-state index contributed by atoms with van der Waals surface area (Å²) in [4.78, 5) is 42.3. The second kappa shape index (κ2) is 8.96. The van der Waals surface area contributed by atoms with E-state index in [-0.39, 0.29) is 11.6 Å². The van der Waals surface area contributed by atoms with Crippen molar-refractivity contribution in [1.29, 1.82) is 0 Å². The Morgan fingerprint density at radius 1 is 1.26 bits per heavy atom. The molecule has 3 rings (SSSR count). The third-order valence-electron chi connectivity index (χ3n) is 3.87. The van der Waals surface area contributed by atoms with E-state index in [4.69, 9.17) is 0 Å². The molecule has 10 heteroatoms. The summed E-state index contributed by atoms with van der Waals surface area (Å²) >= 11 is 2.87. The number of carbonyl (C=O) groups excluding carboxylic acids is 2. The smallest absolute Gasteiger partial charge is 0.327 e. The summed E-state index contributed by atoms with van der Waals surface area (Å²) < 4.78 is 0. The van der Waals surface area contributed by atoms with Crippen LogP contribution < -0.4 is 10.6 Å². The van der Waals surface area contributed by atoms with E-state index < -0.39 is 23.8 Å². The van der Waals surface area contributed by atoms with Gasteiger partial charge < -0.3 is 20.6 Å². The van der Waals surface area contributed by atoms with Gasteiger partial charge in [0.25, 0.3) is 11.8 Å². The normalized spacial score (nSPS) is 19.6. The number of rotatable bonds is 5. The second-order valence-corrected chi connectivity index (χ2v) is 7.77. The van der Waals surface area contributed by atoms with Gasteiger partial charge in [0.15, 0.2) is 5.17 Å². The number of thioether (sulfide) groups is 2. The molecular weight excluding hydrogens is 388 g/mol. The predicted molar refractivity (Wildman–Crippen MR) is 105 cm³/mol. The van der Waals surface area contributed by atoms with Crippen molar-refractivity contribution in [2.24, 2.45) is 4.99 Å². The number of nitrogens with zero attached hydrogens (tertiary/aromatic N) is 2. The highest BCUT2D eigenvalue weighted by molar-refractivity contribution is 8.14. The number of nitrogens with one attached hydrogen (secondary N) is 2. The van der Waals surface area contributed by atoms with Gasteiger partial charge in [0.2, 0.25) is 0 Å². The molecule has 0 radical (unpaired) electrons. The van der Waals surface area contributed by atoms with E-state index in [1.54, 1.807) is 30.3 Å². The minimum absolute atomic E-state index is 0.0206. The van der Waals surface area contributed by atoms with Crippen LogP contribution in [0.25, 0.3) is 0 Å². The maximum absolute atomic E-state index is 12.9. The highest BCUT2D eigenvalue weighted by atomic mass is 32.2. The number of benzene rings is 1. The maximum atomic E-state index is 12.9. The fourth-order valence-electron chi connectivity index (χ4n) is 2.49. The number of amidine groups is 1. The minimum Gasteiger partial charge on any atom is -0.480 e. The van der Waals surface area contributed by atoms with Crippen LogP contribution in [0.2, 0.25) is 0 Å². The summed E-state index contributed by atoms with van der Waals surface area (Å²) in [5.41, 5.74) is 0.377. The molecule has 2 heterocycles. The molecule has 0 aromatic heterocycles. The molecule has 0 spiro atoms. The number of aliphatic imine (C=N–C) groups is 1. The molecule has 2 amide bonds. The molecule has 1 aromatic carbocycles. The Hall–Kier alpha value is -2.46. The monoisotopic (exact) mass is 406 g/mol. The van der Waals surface area contributed by atoms with E-state index in [1.807, 2.05) is 0 Å². The highest BCUT2D eigenvalue weighted by Crippen LogP contribution is 2.22. The van der Waals surface area contributed by atoms with Crippen LogP contribution >= 0.6 is 23.5 Å². The number of amides is 2. The summed E-state index contributed by atoms with van der Waals surface area (Å²) in [6, 6.07) is 7.58. The Kier molecular flexibility index (Phi) is 6.40. The van der Waals surface area contributed by atoms with Crippen molar-refractivity contribution in [1.82, 2.24) is 15.5 Å². The van der Waals surface area contributed by atoms with Crippen LogP contribution in [0.1, 0.15) is 10.4 Å². The lowest BCUT2D eigenvalue weighted by Crippen LogP contribution is -2.45. The maximum Gasteiger partial charge on any atom is 0.327 e. The third kappa shape index (κ3) is 4.83. The van der Waals surface area contributed by atoms with Gasteiger partial charge in [0, 0.05) is 23.3 Å². The fraction of sp³-hybridized carbons (Fsp3) is 0.294. The average Bonchev–Trinajstić information content (AvgIpc) is 3.36. The zero-order valence-corrected chi connectivity index (χ0v) is 15.9. The molecule has 2 aliphatic heterocycles. The first-order valence-corrected chi connectivity index (χ1v) is 10.3. The number of hydrogen-bond donors (Lipinski definition) is 3. The highest BCUT2D eigenvalue weighted by Gasteiger charge is 2.36. The van der Waals surface area contributed by atoms with Gasteiger partial charge in [0.1, 0.15) is 11.7 Å². The van der Waals surface area contributed by atoms with Crippen molar-refractivity contribution in [3.8, 4) is 0 Å². The SMILES string of the molecule is O=C(NC(=CNC1=NCCS1)C(=O)N1CSC[C@@H]1C(=O)O)c1ccccc1. The first-order valence-electron chi connectivity index (χ1n) is 8.18. The van der Waals surface area contributed by atoms with Crippen LogP contribution in [0.5, 0.6) is 0 Å². The number of carbonyl (C=O) groups is 3. The van der Waals surface area contributed by atoms with Gasteiger partial charge in [-0.25, -0.2) is 4.79 Å². The number of aliphatic carboxylic acids is 1. The van der Waals surface area contributed by atoms with Gasteiger partial charge in [-0.2, -0.15) is 0 Å². The van der Waals surface area contributed by atoms with E-state index in [9.17, 15) is 19.5 Å². The number of carboxylic acids is 1. The minimum atomic E-state index is -1.06. The predicted octanol–water partition coefficient (Wildman–Crippen LogP) is 0.936. The van der Waals surface area contributed by atoms with Gasteiger partial charge in [0.05, 0.1) is 12.4 Å². The number of hydrogen-bond acceptors (Lipinski definition) is 7. The number of carboxylic acid groups (broad SMARTS) is 1. The lowest BCUT2D eigenvalue weighted by Gasteiger charge is -2.22. The molecule has 142 valence electrons. The Bertz CT molecular complexity index is 797. The molecule has 0 bridgehead atoms. The van der Waals surface area contributed by atoms with Crippen LogP contribution in [-0.2, 0) is 9.59 Å². The molecule has 1 aromatic rings. The molecule has 1 atom stereocenters. The first kappa shape index (κ1) is 19.3. The molecule has 0 unspecified atom stereocenters. The Morgan fingerprint density at radius 2 is 2.04 bits per heavy atom. The van der Waals surface area contributed by atoms with Gasteiger partial charge in [-0.1, -0.05) is 30.0 Å². The van der Waals surface area contributed by atoms with Crippen molar-refractivity contribution < 1.29 is 19.5 Å². The van der Waals surface area contributed by atoms with Crippen molar-refractivity contribution in [2.75, 3.05) is 23.9 Å². The zero-order valence-electron chi connectivity index (χ0n) is 14.3. The zero-order chi connectivity index (χ0) is 19.2. The molecule has 1 fully saturated rings. The van der Waals surface area contributed by atoms with Crippen molar-refractivity contribution >= 4 is 46.5 Å². The molecule has 0 aliphatic carbocycles. The van der Waals surface area contributed by atoms with Crippen LogP contribution in [0.3, 0.4) is 0 Å². The molecule has 3 N–H and O–H groups in total. The largest absolute Gasteiger partial charge is 0.480 e. The lowest BCUT2D eigenvalue weighted by atomic mass is 10.2. The first-order chi connectivity index (χ1) is 13.1. The van der Waals surface area contributed by atoms with Gasteiger partial charge >= 0.3 is 5.97 Å². The van der Waals surface area contributed by atoms with Crippen molar-refractivity contribution in [3.63, 3.8) is 0 Å². The molecule has 1 saturated heterocycles. The molecule has 2 aliphatic rings. The molecular formula is C17H18N4O4S2. The topological polar surface area (TPSA) is 111 Å². The van der Waals surface area contributed by atoms with E-state index in [0.29, 0.717) is 23.0 Å². The summed E-state index contributed by atoms with van der Waals surface area (Å²) in [7, 11) is 0.